The first-order valence-corrected chi connectivity index (χ1v) is 4.90. The lowest BCUT2D eigenvalue weighted by atomic mass is 9.90. The van der Waals surface area contributed by atoms with Gasteiger partial charge in [-0.15, -0.1) is 0 Å². The minimum Gasteiger partial charge on any atom is -0.317 e. The molecule has 2 aliphatic rings. The van der Waals surface area contributed by atoms with Crippen molar-refractivity contribution in [3.63, 3.8) is 0 Å². The van der Waals surface area contributed by atoms with Crippen LogP contribution < -0.4 is 5.32 Å². The highest BCUT2D eigenvalue weighted by atomic mass is 16.7. The molecule has 0 aromatic carbocycles. The number of hydrogen-bond donors (Lipinski definition) is 1. The van der Waals surface area contributed by atoms with Crippen molar-refractivity contribution >= 4 is 12.2 Å². The van der Waals surface area contributed by atoms with Gasteiger partial charge in [-0.05, 0) is 25.9 Å². The summed E-state index contributed by atoms with van der Waals surface area (Å²) in [5, 5.41) is 4.41. The third kappa shape index (κ3) is 1.65. The fourth-order valence-electron chi connectivity index (χ4n) is 2.04. The van der Waals surface area contributed by atoms with Crippen LogP contribution in [0, 0.1) is 0 Å². The summed E-state index contributed by atoms with van der Waals surface area (Å²) >= 11 is 0. The number of carbonyl (C=O) groups excluding carboxylic acids is 2. The van der Waals surface area contributed by atoms with Gasteiger partial charge in [0.15, 0.2) is 0 Å². The molecule has 1 amide bonds. The van der Waals surface area contributed by atoms with Crippen molar-refractivity contribution < 1.29 is 14.4 Å². The molecule has 0 radical (unpaired) electrons. The number of nitrogens with one attached hydrogen (secondary N) is 1. The Bertz CT molecular complexity index is 248. The van der Waals surface area contributed by atoms with Gasteiger partial charge in [-0.25, -0.2) is 5.06 Å². The van der Waals surface area contributed by atoms with Gasteiger partial charge in [0.25, 0.3) is 0 Å². The first kappa shape index (κ1) is 9.61. The summed E-state index contributed by atoms with van der Waals surface area (Å²) in [6.07, 6.45) is 2.79. The summed E-state index contributed by atoms with van der Waals surface area (Å²) in [6, 6.07) is 0. The molecule has 14 heavy (non-hydrogen) atoms. The van der Waals surface area contributed by atoms with Gasteiger partial charge in [-0.2, -0.15) is 0 Å². The molecule has 2 fully saturated rings. The molecule has 0 aromatic rings. The van der Waals surface area contributed by atoms with Crippen molar-refractivity contribution in [1.82, 2.24) is 10.4 Å². The second-order valence-corrected chi connectivity index (χ2v) is 3.82. The number of piperidine rings is 1. The molecule has 5 heteroatoms. The highest BCUT2D eigenvalue weighted by molar-refractivity contribution is 5.80. The highest BCUT2D eigenvalue weighted by Crippen LogP contribution is 2.34. The van der Waals surface area contributed by atoms with E-state index in [1.807, 2.05) is 0 Å². The second-order valence-electron chi connectivity index (χ2n) is 3.82. The maximum atomic E-state index is 11.5. The van der Waals surface area contributed by atoms with Crippen LogP contribution in [0.25, 0.3) is 0 Å². The van der Waals surface area contributed by atoms with Gasteiger partial charge in [0.2, 0.25) is 5.91 Å². The summed E-state index contributed by atoms with van der Waals surface area (Å²) in [6.45, 7) is 1.80. The van der Waals surface area contributed by atoms with Crippen LogP contribution in [0.1, 0.15) is 19.3 Å². The molecule has 0 saturated carbocycles. The molecule has 1 N–H and O–H groups in total. The Hall–Kier alpha value is -0.940. The zero-order valence-electron chi connectivity index (χ0n) is 7.99. The fourth-order valence-corrected chi connectivity index (χ4v) is 2.04. The highest BCUT2D eigenvalue weighted by Gasteiger charge is 2.45. The van der Waals surface area contributed by atoms with Gasteiger partial charge in [-0.3, -0.25) is 9.63 Å². The number of nitrogens with zero attached hydrogens (tertiary/aromatic N) is 1. The molecule has 2 heterocycles. The van der Waals surface area contributed by atoms with Crippen molar-refractivity contribution in [2.45, 2.75) is 24.9 Å². The van der Waals surface area contributed by atoms with Crippen LogP contribution in [0.3, 0.4) is 0 Å². The predicted molar refractivity (Wildman–Crippen MR) is 48.3 cm³/mol. The quantitative estimate of drug-likeness (QED) is 0.606. The fraction of sp³-hybridized carbons (Fsp3) is 0.778. The normalized spacial score (nSPS) is 25.7. The molecular weight excluding hydrogens is 184 g/mol. The molecule has 0 bridgehead atoms. The molecule has 0 atom stereocenters. The summed E-state index contributed by atoms with van der Waals surface area (Å²) in [7, 11) is 0. The van der Waals surface area contributed by atoms with Crippen LogP contribution in [0.5, 0.6) is 0 Å². The SMILES string of the molecule is O=CCN1OC2(CCNCC2)CC1=O. The Morgan fingerprint density at radius 1 is 1.50 bits per heavy atom. The number of hydroxylamine groups is 2. The number of amides is 1. The van der Waals surface area contributed by atoms with E-state index < -0.39 is 0 Å². The molecule has 2 aliphatic heterocycles. The number of carbonyl (C=O) groups is 2. The van der Waals surface area contributed by atoms with Crippen LogP contribution in [0.2, 0.25) is 0 Å². The largest absolute Gasteiger partial charge is 0.317 e. The van der Waals surface area contributed by atoms with Crippen LogP contribution in [0.15, 0.2) is 0 Å². The summed E-state index contributed by atoms with van der Waals surface area (Å²) in [5.74, 6) is -0.0704. The zero-order chi connectivity index (χ0) is 10.0. The molecule has 1 spiro atoms. The first-order chi connectivity index (χ1) is 6.76. The van der Waals surface area contributed by atoms with Gasteiger partial charge in [-0.1, -0.05) is 0 Å². The van der Waals surface area contributed by atoms with Crippen molar-refractivity contribution in [3.05, 3.63) is 0 Å². The Labute approximate surface area is 82.3 Å². The maximum absolute atomic E-state index is 11.5. The lowest BCUT2D eigenvalue weighted by Crippen LogP contribution is -2.42. The summed E-state index contributed by atoms with van der Waals surface area (Å²) in [4.78, 5) is 27.3. The van der Waals surface area contributed by atoms with E-state index in [4.69, 9.17) is 4.84 Å². The van der Waals surface area contributed by atoms with Gasteiger partial charge in [0, 0.05) is 0 Å². The number of hydrogen-bond acceptors (Lipinski definition) is 4. The van der Waals surface area contributed by atoms with Crippen molar-refractivity contribution in [3.8, 4) is 0 Å². The predicted octanol–water partition coefficient (Wildman–Crippen LogP) is -0.529. The topological polar surface area (TPSA) is 58.6 Å². The average Bonchev–Trinajstić information content (AvgIpc) is 2.45. The van der Waals surface area contributed by atoms with E-state index in [9.17, 15) is 9.59 Å². The van der Waals surface area contributed by atoms with Gasteiger partial charge in [0.05, 0.1) is 6.42 Å². The molecule has 0 aliphatic carbocycles. The minimum absolute atomic E-state index is 0.0496. The van der Waals surface area contributed by atoms with Gasteiger partial charge >= 0.3 is 0 Å². The molecule has 0 aromatic heterocycles. The van der Waals surface area contributed by atoms with E-state index >= 15 is 0 Å². The zero-order valence-corrected chi connectivity index (χ0v) is 7.99. The van der Waals surface area contributed by atoms with Crippen LogP contribution >= 0.6 is 0 Å². The van der Waals surface area contributed by atoms with Crippen molar-refractivity contribution in [2.24, 2.45) is 0 Å². The van der Waals surface area contributed by atoms with Crippen LogP contribution in [-0.4, -0.2) is 42.5 Å². The number of aldehydes is 1. The lowest BCUT2D eigenvalue weighted by Gasteiger charge is -2.31. The Kier molecular flexibility index (Phi) is 2.52. The Morgan fingerprint density at radius 3 is 2.86 bits per heavy atom. The molecule has 5 nitrogen and oxygen atoms in total. The standard InChI is InChI=1S/C9H14N2O3/c12-6-5-11-8(13)7-9(14-11)1-3-10-4-2-9/h6,10H,1-5,7H2. The van der Waals surface area contributed by atoms with Crippen molar-refractivity contribution in [1.29, 1.82) is 0 Å². The molecule has 2 rings (SSSR count). The maximum Gasteiger partial charge on any atom is 0.249 e. The minimum atomic E-state index is -0.328. The van der Waals surface area contributed by atoms with E-state index in [1.165, 1.54) is 5.06 Å². The average molecular weight is 198 g/mol. The molecular formula is C9H14N2O3. The Balaban J connectivity index is 2.02. The number of rotatable bonds is 2. The molecule has 0 unspecified atom stereocenters. The van der Waals surface area contributed by atoms with E-state index in [-0.39, 0.29) is 18.1 Å². The van der Waals surface area contributed by atoms with E-state index in [0.29, 0.717) is 12.7 Å². The first-order valence-electron chi connectivity index (χ1n) is 4.90. The monoisotopic (exact) mass is 198 g/mol. The summed E-state index contributed by atoms with van der Waals surface area (Å²) < 4.78 is 0. The lowest BCUT2D eigenvalue weighted by molar-refractivity contribution is -0.203. The smallest absolute Gasteiger partial charge is 0.249 e. The second kappa shape index (κ2) is 3.67. The Morgan fingerprint density at radius 2 is 2.21 bits per heavy atom. The van der Waals surface area contributed by atoms with Crippen molar-refractivity contribution in [2.75, 3.05) is 19.6 Å². The third-order valence-corrected chi connectivity index (χ3v) is 2.81. The van der Waals surface area contributed by atoms with Crippen LogP contribution in [-0.2, 0) is 14.4 Å². The van der Waals surface area contributed by atoms with Gasteiger partial charge < -0.3 is 10.1 Å². The van der Waals surface area contributed by atoms with E-state index in [0.717, 1.165) is 25.9 Å². The van der Waals surface area contributed by atoms with Gasteiger partial charge in [0.1, 0.15) is 18.4 Å². The summed E-state index contributed by atoms with van der Waals surface area (Å²) in [5.41, 5.74) is -0.328. The van der Waals surface area contributed by atoms with Crippen LogP contribution in [0.4, 0.5) is 0 Å². The molecule has 78 valence electrons. The van der Waals surface area contributed by atoms with E-state index in [1.54, 1.807) is 0 Å². The third-order valence-electron chi connectivity index (χ3n) is 2.81. The van der Waals surface area contributed by atoms with E-state index in [2.05, 4.69) is 5.32 Å². The molecule has 2 saturated heterocycles.